The summed E-state index contributed by atoms with van der Waals surface area (Å²) in [6.07, 6.45) is -17.5. The van der Waals surface area contributed by atoms with Crippen LogP contribution < -0.4 is 4.74 Å². The molecule has 0 aromatic heterocycles. The van der Waals surface area contributed by atoms with E-state index in [1.165, 1.54) is 31.4 Å². The van der Waals surface area contributed by atoms with Crippen LogP contribution in [0.5, 0.6) is 5.75 Å². The first-order valence-corrected chi connectivity index (χ1v) is 12.7. The minimum Gasteiger partial charge on any atom is -0.496 e. The molecule has 2 aliphatic rings. The molecule has 14 heteroatoms. The second-order valence-corrected chi connectivity index (χ2v) is 10.3. The number of halogens is 10. The van der Waals surface area contributed by atoms with Crippen molar-refractivity contribution in [3.8, 4) is 16.9 Å². The third-order valence-electron chi connectivity index (χ3n) is 7.35. The molecule has 3 aromatic carbocycles. The number of nitrogens with zero attached hydrogens (tertiary/aromatic N) is 1. The Balaban J connectivity index is 1.61. The summed E-state index contributed by atoms with van der Waals surface area (Å²) < 4.78 is 133. The van der Waals surface area contributed by atoms with Crippen LogP contribution in [0.25, 0.3) is 11.1 Å². The van der Waals surface area contributed by atoms with E-state index in [0.29, 0.717) is 17.7 Å². The fourth-order valence-corrected chi connectivity index (χ4v) is 5.71. The lowest BCUT2D eigenvalue weighted by molar-refractivity contribution is -0.143. The van der Waals surface area contributed by atoms with Gasteiger partial charge < -0.3 is 9.47 Å². The van der Waals surface area contributed by atoms with Gasteiger partial charge in [0.1, 0.15) is 11.9 Å². The molecule has 0 radical (unpaired) electrons. The highest BCUT2D eigenvalue weighted by molar-refractivity contribution is 6.31. The van der Waals surface area contributed by atoms with E-state index in [-0.39, 0.29) is 40.8 Å². The van der Waals surface area contributed by atoms with Gasteiger partial charge in [-0.15, -0.1) is 0 Å². The van der Waals surface area contributed by atoms with Gasteiger partial charge in [0.2, 0.25) is 0 Å². The number of hydrogen-bond donors (Lipinski definition) is 0. The van der Waals surface area contributed by atoms with Gasteiger partial charge in [0.05, 0.1) is 35.9 Å². The van der Waals surface area contributed by atoms with Crippen LogP contribution in [0, 0.1) is 0 Å². The van der Waals surface area contributed by atoms with Gasteiger partial charge in [-0.05, 0) is 78.1 Å². The highest BCUT2D eigenvalue weighted by Crippen LogP contribution is 2.51. The van der Waals surface area contributed by atoms with Crippen molar-refractivity contribution in [1.82, 2.24) is 4.90 Å². The van der Waals surface area contributed by atoms with Crippen molar-refractivity contribution in [2.75, 3.05) is 7.11 Å². The van der Waals surface area contributed by atoms with Crippen molar-refractivity contribution in [2.45, 2.75) is 49.6 Å². The van der Waals surface area contributed by atoms with Crippen LogP contribution in [0.3, 0.4) is 0 Å². The molecule has 3 aromatic rings. The Bertz CT molecular complexity index is 1500. The summed E-state index contributed by atoms with van der Waals surface area (Å²) in [5.41, 5.74) is -4.13. The second-order valence-electron chi connectivity index (χ2n) is 9.86. The van der Waals surface area contributed by atoms with Crippen LogP contribution in [0.15, 0.2) is 54.6 Å². The number of ether oxygens (including phenoxy) is 2. The van der Waals surface area contributed by atoms with Crippen LogP contribution in [-0.2, 0) is 23.3 Å². The van der Waals surface area contributed by atoms with Crippen molar-refractivity contribution in [3.05, 3.63) is 87.4 Å². The Labute approximate surface area is 237 Å². The fraction of sp³-hybridized carbons (Fsp3) is 0.321. The number of methoxy groups -OCH3 is 1. The SMILES string of the molecule is COc1ccc(Cl)cc1-c1ccc(C(F)(F)F)cc1[C@@H]1CC[C@H]2[C@@H](c3cc(C(F)(F)F)cc(C(F)(F)F)c3)OC(=O)N12. The molecule has 0 saturated carbocycles. The normalized spacial score (nSPS) is 21.0. The number of cyclic esters (lactones) is 1. The number of hydrogen-bond acceptors (Lipinski definition) is 3. The Morgan fingerprint density at radius 3 is 1.98 bits per heavy atom. The number of carbonyl (C=O) groups is 1. The molecule has 3 atom stereocenters. The van der Waals surface area contributed by atoms with Gasteiger partial charge in [0.15, 0.2) is 0 Å². The van der Waals surface area contributed by atoms with Crippen molar-refractivity contribution in [2.24, 2.45) is 0 Å². The first-order valence-electron chi connectivity index (χ1n) is 12.3. The zero-order valence-electron chi connectivity index (χ0n) is 21.3. The monoisotopic (exact) mass is 623 g/mol. The number of rotatable bonds is 4. The van der Waals surface area contributed by atoms with Gasteiger partial charge in [-0.1, -0.05) is 17.7 Å². The fourth-order valence-electron chi connectivity index (χ4n) is 5.54. The smallest absolute Gasteiger partial charge is 0.416 e. The largest absolute Gasteiger partial charge is 0.496 e. The van der Waals surface area contributed by atoms with E-state index in [2.05, 4.69) is 0 Å². The van der Waals surface area contributed by atoms with Gasteiger partial charge in [0, 0.05) is 10.6 Å². The molecule has 224 valence electrons. The number of amides is 1. The van der Waals surface area contributed by atoms with Crippen LogP contribution in [0.2, 0.25) is 5.02 Å². The molecule has 1 amide bonds. The van der Waals surface area contributed by atoms with Crippen molar-refractivity contribution < 1.29 is 53.8 Å². The summed E-state index contributed by atoms with van der Waals surface area (Å²) in [6, 6.07) is 6.20. The Morgan fingerprint density at radius 1 is 0.786 bits per heavy atom. The quantitative estimate of drug-likeness (QED) is 0.272. The molecule has 0 spiro atoms. The molecule has 4 nitrogen and oxygen atoms in total. The average Bonchev–Trinajstić information content (AvgIpc) is 3.48. The van der Waals surface area contributed by atoms with Gasteiger partial charge in [0.25, 0.3) is 0 Å². The zero-order valence-corrected chi connectivity index (χ0v) is 22.0. The molecule has 2 saturated heterocycles. The molecule has 5 rings (SSSR count). The molecular formula is C28H19ClF9NO3. The van der Waals surface area contributed by atoms with E-state index in [0.717, 1.165) is 17.0 Å². The van der Waals surface area contributed by atoms with E-state index >= 15 is 0 Å². The predicted molar refractivity (Wildman–Crippen MR) is 132 cm³/mol. The Morgan fingerprint density at radius 2 is 1.40 bits per heavy atom. The number of alkyl halides is 9. The molecule has 42 heavy (non-hydrogen) atoms. The molecule has 0 N–H and O–H groups in total. The van der Waals surface area contributed by atoms with Crippen molar-refractivity contribution >= 4 is 17.7 Å². The number of benzene rings is 3. The van der Waals surface area contributed by atoms with Crippen molar-refractivity contribution in [3.63, 3.8) is 0 Å². The van der Waals surface area contributed by atoms with Gasteiger partial charge >= 0.3 is 24.6 Å². The second kappa shape index (κ2) is 10.3. The van der Waals surface area contributed by atoms with Gasteiger partial charge in [-0.25, -0.2) is 4.79 Å². The van der Waals surface area contributed by atoms with E-state index in [1.807, 2.05) is 0 Å². The van der Waals surface area contributed by atoms with Crippen LogP contribution >= 0.6 is 11.6 Å². The van der Waals surface area contributed by atoms with Crippen LogP contribution in [-0.4, -0.2) is 24.1 Å². The van der Waals surface area contributed by atoms with Gasteiger partial charge in [-0.2, -0.15) is 39.5 Å². The molecule has 2 aliphatic heterocycles. The maximum Gasteiger partial charge on any atom is 0.416 e. The predicted octanol–water partition coefficient (Wildman–Crippen LogP) is 9.47. The lowest BCUT2D eigenvalue weighted by Gasteiger charge is -2.26. The van der Waals surface area contributed by atoms with Crippen molar-refractivity contribution in [1.29, 1.82) is 0 Å². The maximum atomic E-state index is 13.8. The molecular weight excluding hydrogens is 605 g/mol. The summed E-state index contributed by atoms with van der Waals surface area (Å²) in [5, 5.41) is 0.242. The van der Waals surface area contributed by atoms with E-state index in [4.69, 9.17) is 21.1 Å². The zero-order chi connectivity index (χ0) is 30.8. The first kappa shape index (κ1) is 29.9. The first-order chi connectivity index (χ1) is 19.5. The summed E-state index contributed by atoms with van der Waals surface area (Å²) in [4.78, 5) is 14.2. The van der Waals surface area contributed by atoms with E-state index in [9.17, 15) is 44.3 Å². The molecule has 0 unspecified atom stereocenters. The van der Waals surface area contributed by atoms with Crippen LogP contribution in [0.4, 0.5) is 44.3 Å². The summed E-state index contributed by atoms with van der Waals surface area (Å²) in [7, 11) is 1.34. The molecule has 2 heterocycles. The third-order valence-corrected chi connectivity index (χ3v) is 7.58. The average molecular weight is 624 g/mol. The van der Waals surface area contributed by atoms with Gasteiger partial charge in [-0.3, -0.25) is 4.90 Å². The lowest BCUT2D eigenvalue weighted by Crippen LogP contribution is -2.31. The topological polar surface area (TPSA) is 38.8 Å². The summed E-state index contributed by atoms with van der Waals surface area (Å²) >= 11 is 6.15. The lowest BCUT2D eigenvalue weighted by atomic mass is 9.91. The highest BCUT2D eigenvalue weighted by Gasteiger charge is 2.52. The Kier molecular flexibility index (Phi) is 7.31. The number of carbonyl (C=O) groups excluding carboxylic acids is 1. The third kappa shape index (κ3) is 5.46. The molecule has 0 bridgehead atoms. The summed E-state index contributed by atoms with van der Waals surface area (Å²) in [5.74, 6) is 0.264. The van der Waals surface area contributed by atoms with Crippen LogP contribution in [0.1, 0.15) is 52.8 Å². The minimum absolute atomic E-state index is 0.0288. The highest BCUT2D eigenvalue weighted by atomic mass is 35.5. The maximum absolute atomic E-state index is 13.8. The minimum atomic E-state index is -5.13. The Hall–Kier alpha value is -3.61. The number of fused-ring (bicyclic) bond motifs is 1. The standard InChI is InChI=1S/C28H19ClF9NO3/c1-41-23-7-3-17(29)12-20(23)18-4-2-14(26(30,31)32)11-19(18)21-5-6-22-24(42-25(40)39(21)22)13-8-15(27(33,34)35)10-16(9-13)28(36,37)38/h2-4,7-12,21-22,24H,5-6H2,1H3/t21-,22-,24+/m0/s1. The molecule has 2 fully saturated rings. The van der Waals surface area contributed by atoms with E-state index in [1.54, 1.807) is 0 Å². The molecule has 0 aliphatic carbocycles. The summed E-state index contributed by atoms with van der Waals surface area (Å²) in [6.45, 7) is 0. The van der Waals surface area contributed by atoms with E-state index < -0.39 is 65.1 Å².